The Morgan fingerprint density at radius 2 is 0.889 bits per heavy atom. The standard InChI is InChI=1S/C54H25FN8/c1-60-40-19-33(29-57)17-37(22-40)35-12-15-51-45(24-35)43-7-3-5-9-49(43)62(51)53-26-39(42-14-11-32(28-56)21-48(42)55)27-54(47(53)31-59)63-50-10-6-4-8-44(50)46-25-36(13-16-52(46)63)38-18-34(30-58)20-41(23-38)61-2/h3-27H. The molecule has 0 saturated carbocycles. The van der Waals surface area contributed by atoms with E-state index in [0.717, 1.165) is 65.9 Å². The maximum Gasteiger partial charge on any atom is 0.189 e. The molecule has 0 N–H and O–H groups in total. The molecule has 10 aromatic rings. The van der Waals surface area contributed by atoms with Gasteiger partial charge in [0.15, 0.2) is 11.4 Å². The molecule has 0 radical (unpaired) electrons. The largest absolute Gasteiger partial charge is 0.308 e. The van der Waals surface area contributed by atoms with E-state index in [4.69, 9.17) is 13.1 Å². The number of hydrogen-bond donors (Lipinski definition) is 0. The lowest BCUT2D eigenvalue weighted by molar-refractivity contribution is 0.631. The molecular weight excluding hydrogens is 780 g/mol. The Morgan fingerprint density at radius 3 is 1.33 bits per heavy atom. The number of aromatic nitrogens is 2. The monoisotopic (exact) mass is 804 g/mol. The van der Waals surface area contributed by atoms with E-state index in [1.165, 1.54) is 6.07 Å². The summed E-state index contributed by atoms with van der Waals surface area (Å²) in [5.74, 6) is -0.592. The van der Waals surface area contributed by atoms with E-state index < -0.39 is 5.82 Å². The quantitative estimate of drug-likeness (QED) is 0.161. The Morgan fingerprint density at radius 1 is 0.413 bits per heavy atom. The topological polar surface area (TPSA) is 114 Å². The van der Waals surface area contributed by atoms with Crippen molar-refractivity contribution in [2.45, 2.75) is 0 Å². The van der Waals surface area contributed by atoms with Crippen molar-refractivity contribution in [2.75, 3.05) is 0 Å². The van der Waals surface area contributed by atoms with Crippen LogP contribution in [0.2, 0.25) is 0 Å². The number of nitriles is 4. The maximum absolute atomic E-state index is 16.2. The van der Waals surface area contributed by atoms with Gasteiger partial charge in [-0.15, -0.1) is 0 Å². The summed E-state index contributed by atoms with van der Waals surface area (Å²) in [7, 11) is 0. The van der Waals surface area contributed by atoms with Gasteiger partial charge in [-0.1, -0.05) is 54.6 Å². The van der Waals surface area contributed by atoms with Crippen LogP contribution < -0.4 is 0 Å². The van der Waals surface area contributed by atoms with Crippen LogP contribution in [0.5, 0.6) is 0 Å². The molecule has 0 saturated heterocycles. The molecule has 0 amide bonds. The normalized spacial score (nSPS) is 10.8. The van der Waals surface area contributed by atoms with Gasteiger partial charge in [-0.3, -0.25) is 0 Å². The van der Waals surface area contributed by atoms with Gasteiger partial charge in [-0.05, 0) is 125 Å². The summed E-state index contributed by atoms with van der Waals surface area (Å²) in [6.07, 6.45) is 0. The van der Waals surface area contributed by atoms with Crippen molar-refractivity contribution in [2.24, 2.45) is 0 Å². The fourth-order valence-electron chi connectivity index (χ4n) is 8.69. The zero-order valence-electron chi connectivity index (χ0n) is 32.9. The van der Waals surface area contributed by atoms with E-state index in [1.54, 1.807) is 48.5 Å². The molecule has 0 atom stereocenters. The predicted molar refractivity (Wildman–Crippen MR) is 243 cm³/mol. The van der Waals surface area contributed by atoms with Crippen molar-refractivity contribution in [3.63, 3.8) is 0 Å². The third kappa shape index (κ3) is 6.08. The highest BCUT2D eigenvalue weighted by atomic mass is 19.1. The van der Waals surface area contributed by atoms with Crippen LogP contribution >= 0.6 is 0 Å². The minimum atomic E-state index is -0.592. The zero-order valence-corrected chi connectivity index (χ0v) is 32.9. The van der Waals surface area contributed by atoms with E-state index in [1.807, 2.05) is 112 Å². The average Bonchev–Trinajstić information content (AvgIpc) is 3.85. The highest BCUT2D eigenvalue weighted by Gasteiger charge is 2.24. The SMILES string of the molecule is [C-]#[N+]c1cc(C#N)cc(-c2ccc3c(c2)c2ccccc2n3-c2cc(-c3ccc(C#N)cc3F)cc(-n3c4ccccc4c4cc(-c5cc(C#N)cc([N+]#[C-])c5)ccc43)c2C#N)c1. The first-order valence-electron chi connectivity index (χ1n) is 19.6. The summed E-state index contributed by atoms with van der Waals surface area (Å²) in [5, 5.41) is 43.9. The fraction of sp³-hybridized carbons (Fsp3) is 0. The molecule has 0 spiro atoms. The van der Waals surface area contributed by atoms with Crippen molar-refractivity contribution in [1.29, 1.82) is 21.0 Å². The molecule has 0 bridgehead atoms. The van der Waals surface area contributed by atoms with Gasteiger partial charge in [-0.25, -0.2) is 14.1 Å². The fourth-order valence-corrected chi connectivity index (χ4v) is 8.69. The second-order valence-corrected chi connectivity index (χ2v) is 15.0. The number of benzene rings is 8. The Hall–Kier alpha value is -9.77. The first-order chi connectivity index (χ1) is 30.8. The van der Waals surface area contributed by atoms with Crippen LogP contribution in [0.1, 0.15) is 22.3 Å². The summed E-state index contributed by atoms with van der Waals surface area (Å²) < 4.78 is 20.2. The van der Waals surface area contributed by atoms with E-state index in [2.05, 4.69) is 27.9 Å². The molecule has 8 nitrogen and oxygen atoms in total. The van der Waals surface area contributed by atoms with Gasteiger partial charge in [0, 0.05) is 38.2 Å². The lowest BCUT2D eigenvalue weighted by Gasteiger charge is -2.19. The van der Waals surface area contributed by atoms with Gasteiger partial charge >= 0.3 is 0 Å². The molecule has 63 heavy (non-hydrogen) atoms. The number of fused-ring (bicyclic) bond motifs is 6. The highest BCUT2D eigenvalue weighted by molar-refractivity contribution is 6.12. The van der Waals surface area contributed by atoms with E-state index in [9.17, 15) is 21.0 Å². The van der Waals surface area contributed by atoms with Gasteiger partial charge in [0.1, 0.15) is 17.4 Å². The summed E-state index contributed by atoms with van der Waals surface area (Å²) >= 11 is 0. The van der Waals surface area contributed by atoms with Crippen LogP contribution in [0.15, 0.2) is 152 Å². The van der Waals surface area contributed by atoms with Crippen LogP contribution in [-0.4, -0.2) is 9.13 Å². The zero-order chi connectivity index (χ0) is 43.4. The molecule has 2 heterocycles. The highest BCUT2D eigenvalue weighted by Crippen LogP contribution is 2.42. The van der Waals surface area contributed by atoms with Gasteiger partial charge in [0.25, 0.3) is 0 Å². The molecule has 2 aromatic heterocycles. The average molecular weight is 805 g/mol. The van der Waals surface area contributed by atoms with Crippen molar-refractivity contribution in [1.82, 2.24) is 9.13 Å². The summed E-state index contributed by atoms with van der Waals surface area (Å²) in [6.45, 7) is 15.2. The first kappa shape index (κ1) is 37.5. The van der Waals surface area contributed by atoms with Gasteiger partial charge in [0.2, 0.25) is 0 Å². The number of halogens is 1. The van der Waals surface area contributed by atoms with Gasteiger partial charge in [-0.2, -0.15) is 21.0 Å². The van der Waals surface area contributed by atoms with Crippen LogP contribution in [0.4, 0.5) is 15.8 Å². The minimum Gasteiger partial charge on any atom is -0.308 e. The van der Waals surface area contributed by atoms with Crippen LogP contribution in [0.3, 0.4) is 0 Å². The molecular formula is C54H25FN8. The number of nitrogens with zero attached hydrogens (tertiary/aromatic N) is 8. The molecule has 0 aliphatic heterocycles. The van der Waals surface area contributed by atoms with Crippen LogP contribution in [0, 0.1) is 64.3 Å². The molecule has 0 unspecified atom stereocenters. The lowest BCUT2D eigenvalue weighted by Crippen LogP contribution is -2.05. The number of hydrogen-bond acceptors (Lipinski definition) is 4. The van der Waals surface area contributed by atoms with E-state index in [-0.39, 0.29) is 11.1 Å². The van der Waals surface area contributed by atoms with Gasteiger partial charge < -0.3 is 9.13 Å². The third-order valence-electron chi connectivity index (χ3n) is 11.5. The first-order valence-corrected chi connectivity index (χ1v) is 19.6. The van der Waals surface area contributed by atoms with Gasteiger partial charge in [0.05, 0.1) is 70.4 Å². The summed E-state index contributed by atoms with van der Waals surface area (Å²) in [5.41, 5.74) is 9.84. The Bertz CT molecular complexity index is 3620. The van der Waals surface area contributed by atoms with Crippen molar-refractivity contribution < 1.29 is 4.39 Å². The second-order valence-electron chi connectivity index (χ2n) is 15.0. The van der Waals surface area contributed by atoms with Crippen molar-refractivity contribution in [3.8, 4) is 69.0 Å². The number of rotatable bonds is 5. The molecule has 9 heteroatoms. The Kier molecular flexibility index (Phi) is 8.81. The van der Waals surface area contributed by atoms with Crippen LogP contribution in [-0.2, 0) is 0 Å². The third-order valence-corrected chi connectivity index (χ3v) is 11.5. The lowest BCUT2D eigenvalue weighted by atomic mass is 9.98. The predicted octanol–water partition coefficient (Wildman–Crippen LogP) is 13.6. The minimum absolute atomic E-state index is 0.175. The van der Waals surface area contributed by atoms with E-state index in [0.29, 0.717) is 45.0 Å². The Balaban J connectivity index is 1.28. The summed E-state index contributed by atoms with van der Waals surface area (Å²) in [4.78, 5) is 7.17. The smallest absolute Gasteiger partial charge is 0.189 e. The van der Waals surface area contributed by atoms with Crippen molar-refractivity contribution in [3.05, 3.63) is 203 Å². The molecule has 288 valence electrons. The number of para-hydroxylation sites is 2. The maximum atomic E-state index is 16.2. The summed E-state index contributed by atoms with van der Waals surface area (Å²) in [6, 6.07) is 54.5. The molecule has 0 aliphatic rings. The Labute approximate surface area is 359 Å². The second kappa shape index (κ2) is 14.8. The molecule has 0 fully saturated rings. The molecule has 8 aromatic carbocycles. The van der Waals surface area contributed by atoms with Crippen molar-refractivity contribution >= 4 is 55.0 Å². The van der Waals surface area contributed by atoms with E-state index >= 15 is 4.39 Å². The van der Waals surface area contributed by atoms with Crippen LogP contribution in [0.25, 0.3) is 98.1 Å². The molecule has 0 aliphatic carbocycles. The molecule has 10 rings (SSSR count).